The molecular formula is C16H13ClN4O3S. The molecule has 0 aliphatic rings. The summed E-state index contributed by atoms with van der Waals surface area (Å²) in [6.45, 7) is 0. The van der Waals surface area contributed by atoms with Gasteiger partial charge in [0, 0.05) is 0 Å². The number of carbonyl (C=O) groups excluding carboxylic acids is 1. The van der Waals surface area contributed by atoms with Gasteiger partial charge in [0.1, 0.15) is 0 Å². The van der Waals surface area contributed by atoms with E-state index in [1.165, 1.54) is 30.7 Å². The number of phenolic OH excluding ortho intramolecular Hbond substituents is 1. The van der Waals surface area contributed by atoms with Gasteiger partial charge in [0.25, 0.3) is 5.91 Å². The molecule has 1 amide bonds. The molecule has 9 heteroatoms. The number of hydrogen-bond donors (Lipinski definition) is 3. The number of hydrogen-bond acceptors (Lipinski definition) is 6. The number of methoxy groups -OCH3 is 1. The van der Waals surface area contributed by atoms with Gasteiger partial charge in [-0.2, -0.15) is 10.2 Å². The number of phenols is 1. The molecular weight excluding hydrogens is 364 g/mol. The number of nitrogens with zero attached hydrogens (tertiary/aromatic N) is 2. The van der Waals surface area contributed by atoms with Gasteiger partial charge in [0.05, 0.1) is 28.2 Å². The Hall–Kier alpha value is -2.84. The first-order chi connectivity index (χ1) is 12.1. The number of halogens is 1. The number of hydrazone groups is 1. The van der Waals surface area contributed by atoms with Gasteiger partial charge >= 0.3 is 0 Å². The van der Waals surface area contributed by atoms with Gasteiger partial charge in [-0.25, -0.2) is 5.43 Å². The zero-order chi connectivity index (χ0) is 17.8. The van der Waals surface area contributed by atoms with Crippen molar-refractivity contribution in [1.29, 1.82) is 0 Å². The highest BCUT2D eigenvalue weighted by molar-refractivity contribution is 7.19. The molecule has 0 radical (unpaired) electrons. The smallest absolute Gasteiger partial charge is 0.291 e. The maximum absolute atomic E-state index is 12.1. The van der Waals surface area contributed by atoms with Crippen molar-refractivity contribution in [3.63, 3.8) is 0 Å². The number of benzene rings is 1. The second-order valence-electron chi connectivity index (χ2n) is 4.90. The first-order valence-corrected chi connectivity index (χ1v) is 8.28. The first-order valence-electron chi connectivity index (χ1n) is 7.08. The summed E-state index contributed by atoms with van der Waals surface area (Å²) in [6.07, 6.45) is 1.44. The predicted octanol–water partition coefficient (Wildman–Crippen LogP) is 3.27. The van der Waals surface area contributed by atoms with Crippen LogP contribution in [-0.4, -0.2) is 34.5 Å². The van der Waals surface area contributed by atoms with Crippen LogP contribution in [0.1, 0.15) is 16.1 Å². The first kappa shape index (κ1) is 17.0. The van der Waals surface area contributed by atoms with Gasteiger partial charge in [0.2, 0.25) is 0 Å². The second-order valence-corrected chi connectivity index (χ2v) is 6.62. The van der Waals surface area contributed by atoms with Crippen LogP contribution in [0.4, 0.5) is 0 Å². The lowest BCUT2D eigenvalue weighted by molar-refractivity contribution is 0.0950. The van der Waals surface area contributed by atoms with Gasteiger partial charge in [0.15, 0.2) is 17.2 Å². The van der Waals surface area contributed by atoms with E-state index in [0.717, 1.165) is 4.88 Å². The minimum Gasteiger partial charge on any atom is -0.504 e. The molecule has 1 aromatic carbocycles. The summed E-state index contributed by atoms with van der Waals surface area (Å²) >= 11 is 7.29. The fraction of sp³-hybridized carbons (Fsp3) is 0.0625. The van der Waals surface area contributed by atoms with Crippen molar-refractivity contribution in [3.05, 3.63) is 52.0 Å². The summed E-state index contributed by atoms with van der Waals surface area (Å²) in [7, 11) is 1.45. The average Bonchev–Trinajstić information content (AvgIpc) is 3.25. The van der Waals surface area contributed by atoms with Crippen molar-refractivity contribution in [2.45, 2.75) is 0 Å². The molecule has 3 N–H and O–H groups in total. The van der Waals surface area contributed by atoms with Crippen LogP contribution in [0.2, 0.25) is 4.34 Å². The number of amides is 1. The van der Waals surface area contributed by atoms with Gasteiger partial charge in [-0.1, -0.05) is 11.6 Å². The molecule has 0 spiro atoms. The Labute approximate surface area is 151 Å². The molecule has 0 aliphatic heterocycles. The Morgan fingerprint density at radius 2 is 2.24 bits per heavy atom. The average molecular weight is 377 g/mol. The number of carbonyl (C=O) groups is 1. The van der Waals surface area contributed by atoms with Crippen LogP contribution in [-0.2, 0) is 0 Å². The highest BCUT2D eigenvalue weighted by Crippen LogP contribution is 2.30. The van der Waals surface area contributed by atoms with E-state index in [9.17, 15) is 9.90 Å². The zero-order valence-corrected chi connectivity index (χ0v) is 14.6. The van der Waals surface area contributed by atoms with E-state index in [0.29, 0.717) is 21.3 Å². The maximum atomic E-state index is 12.1. The molecule has 0 aliphatic carbocycles. The molecule has 0 saturated carbocycles. The Kier molecular flexibility index (Phi) is 5.01. The molecule has 128 valence electrons. The molecule has 0 atom stereocenters. The summed E-state index contributed by atoms with van der Waals surface area (Å²) in [5.74, 6) is -0.101. The monoisotopic (exact) mass is 376 g/mol. The van der Waals surface area contributed by atoms with Crippen LogP contribution in [0.25, 0.3) is 10.6 Å². The van der Waals surface area contributed by atoms with Crippen LogP contribution in [0, 0.1) is 0 Å². The number of nitrogens with one attached hydrogen (secondary N) is 2. The predicted molar refractivity (Wildman–Crippen MR) is 96.6 cm³/mol. The third-order valence-corrected chi connectivity index (χ3v) is 4.50. The quantitative estimate of drug-likeness (QED) is 0.470. The highest BCUT2D eigenvalue weighted by Gasteiger charge is 2.12. The molecule has 2 aromatic heterocycles. The normalized spacial score (nSPS) is 11.0. The van der Waals surface area contributed by atoms with E-state index in [2.05, 4.69) is 20.7 Å². The number of aromatic hydroxyl groups is 1. The van der Waals surface area contributed by atoms with Crippen molar-refractivity contribution in [2.24, 2.45) is 5.10 Å². The SMILES string of the molecule is COc1cc(C=NNC(=O)c2cc(-c3ccc(Cl)s3)[nH]n2)ccc1O. The fourth-order valence-electron chi connectivity index (χ4n) is 2.02. The minimum absolute atomic E-state index is 0.0291. The Balaban J connectivity index is 1.66. The molecule has 3 rings (SSSR count). The van der Waals surface area contributed by atoms with Crippen LogP contribution in [0.15, 0.2) is 41.5 Å². The zero-order valence-electron chi connectivity index (χ0n) is 13.0. The number of aromatic amines is 1. The minimum atomic E-state index is -0.452. The fourth-order valence-corrected chi connectivity index (χ4v) is 3.03. The van der Waals surface area contributed by atoms with Crippen molar-refractivity contribution < 1.29 is 14.6 Å². The van der Waals surface area contributed by atoms with Crippen molar-refractivity contribution in [2.75, 3.05) is 7.11 Å². The summed E-state index contributed by atoms with van der Waals surface area (Å²) < 4.78 is 5.66. The number of H-pyrrole nitrogens is 1. The summed E-state index contributed by atoms with van der Waals surface area (Å²) in [5, 5.41) is 20.2. The third kappa shape index (κ3) is 3.98. The van der Waals surface area contributed by atoms with Crippen LogP contribution in [0.3, 0.4) is 0 Å². The summed E-state index contributed by atoms with van der Waals surface area (Å²) in [6, 6.07) is 9.96. The number of thiophene rings is 1. The maximum Gasteiger partial charge on any atom is 0.291 e. The van der Waals surface area contributed by atoms with Gasteiger partial charge in [-0.05, 0) is 42.0 Å². The van der Waals surface area contributed by atoms with Crippen LogP contribution >= 0.6 is 22.9 Å². The third-order valence-electron chi connectivity index (χ3n) is 3.23. The largest absolute Gasteiger partial charge is 0.504 e. The van der Waals surface area contributed by atoms with Crippen LogP contribution < -0.4 is 10.2 Å². The van der Waals surface area contributed by atoms with E-state index in [-0.39, 0.29) is 11.4 Å². The molecule has 0 bridgehead atoms. The molecule has 25 heavy (non-hydrogen) atoms. The van der Waals surface area contributed by atoms with Crippen molar-refractivity contribution in [3.8, 4) is 22.1 Å². The summed E-state index contributed by atoms with van der Waals surface area (Å²) in [4.78, 5) is 13.0. The van der Waals surface area contributed by atoms with Gasteiger partial charge in [-0.15, -0.1) is 11.3 Å². The van der Waals surface area contributed by atoms with E-state index in [1.54, 1.807) is 24.3 Å². The lowest BCUT2D eigenvalue weighted by atomic mass is 10.2. The summed E-state index contributed by atoms with van der Waals surface area (Å²) in [5.41, 5.74) is 3.96. The number of aromatic nitrogens is 2. The van der Waals surface area contributed by atoms with Gasteiger partial charge in [-0.3, -0.25) is 9.89 Å². The van der Waals surface area contributed by atoms with Gasteiger partial charge < -0.3 is 9.84 Å². The van der Waals surface area contributed by atoms with E-state index in [1.807, 2.05) is 6.07 Å². The second kappa shape index (κ2) is 7.37. The van der Waals surface area contributed by atoms with E-state index >= 15 is 0 Å². The molecule has 7 nitrogen and oxygen atoms in total. The molecule has 2 heterocycles. The van der Waals surface area contributed by atoms with E-state index in [4.69, 9.17) is 16.3 Å². The Bertz CT molecular complexity index is 935. The lowest BCUT2D eigenvalue weighted by Crippen LogP contribution is -2.18. The highest BCUT2D eigenvalue weighted by atomic mass is 35.5. The van der Waals surface area contributed by atoms with E-state index < -0.39 is 5.91 Å². The molecule has 0 fully saturated rings. The lowest BCUT2D eigenvalue weighted by Gasteiger charge is -2.03. The van der Waals surface area contributed by atoms with Crippen molar-refractivity contribution in [1.82, 2.24) is 15.6 Å². The Morgan fingerprint density at radius 3 is 2.96 bits per heavy atom. The topological polar surface area (TPSA) is 99.6 Å². The Morgan fingerprint density at radius 1 is 1.40 bits per heavy atom. The standard InChI is InChI=1S/C16H13ClN4O3S/c1-24-13-6-9(2-3-12(13)22)8-18-21-16(23)11-7-10(19-20-11)14-4-5-15(17)25-14/h2-8,22H,1H3,(H,19,20)(H,21,23). The molecule has 0 unspecified atom stereocenters. The molecule has 0 saturated heterocycles. The van der Waals surface area contributed by atoms with Crippen molar-refractivity contribution >= 4 is 35.1 Å². The number of rotatable bonds is 5. The number of ether oxygens (including phenoxy) is 1. The molecule has 3 aromatic rings. The van der Waals surface area contributed by atoms with Crippen LogP contribution in [0.5, 0.6) is 11.5 Å².